The van der Waals surface area contributed by atoms with Crippen molar-refractivity contribution in [1.29, 1.82) is 0 Å². The minimum atomic E-state index is -3.98. The second kappa shape index (κ2) is 9.09. The van der Waals surface area contributed by atoms with Gasteiger partial charge in [-0.05, 0) is 57.6 Å². The number of hydrogen-bond acceptors (Lipinski definition) is 4. The molecule has 0 bridgehead atoms. The fourth-order valence-corrected chi connectivity index (χ4v) is 6.54. The van der Waals surface area contributed by atoms with Crippen LogP contribution in [0.2, 0.25) is 0 Å². The van der Waals surface area contributed by atoms with Gasteiger partial charge < -0.3 is 14.8 Å². The van der Waals surface area contributed by atoms with Gasteiger partial charge in [-0.15, -0.1) is 0 Å². The molecule has 7 heteroatoms. The van der Waals surface area contributed by atoms with Crippen molar-refractivity contribution in [3.8, 4) is 16.9 Å². The van der Waals surface area contributed by atoms with Gasteiger partial charge in [0.15, 0.2) is 0 Å². The maximum Gasteiger partial charge on any atom is 0.244 e. The van der Waals surface area contributed by atoms with E-state index >= 15 is 0 Å². The van der Waals surface area contributed by atoms with E-state index in [2.05, 4.69) is 9.71 Å². The highest BCUT2D eigenvalue weighted by molar-refractivity contribution is 7.89. The number of benzene rings is 4. The first-order chi connectivity index (χ1) is 17.5. The number of aliphatic hydroxyl groups excluding tert-OH is 1. The number of hydrogen-bond donors (Lipinski definition) is 3. The Kier molecular flexibility index (Phi) is 5.76. The molecule has 1 aliphatic heterocycles. The van der Waals surface area contributed by atoms with Gasteiger partial charge in [-0.25, -0.2) is 13.1 Å². The zero-order chi connectivity index (χ0) is 24.7. The molecule has 4 aromatic carbocycles. The Morgan fingerprint density at radius 3 is 2.61 bits per heavy atom. The lowest BCUT2D eigenvalue weighted by Gasteiger charge is -2.19. The molecular formula is C29H26N2O4S. The number of aliphatic hydroxyl groups is 1. The summed E-state index contributed by atoms with van der Waals surface area (Å²) in [4.78, 5) is 3.32. The second-order valence-corrected chi connectivity index (χ2v) is 10.8. The molecule has 182 valence electrons. The fraction of sp³-hybridized carbons (Fsp3) is 0.172. The normalized spacial score (nSPS) is 14.1. The van der Waals surface area contributed by atoms with E-state index in [0.29, 0.717) is 25.2 Å². The SMILES string of the molecule is O=S(=O)(N[C@H](CO)Cc1c[nH]c2ccccc12)c1cc(-c2cccc3ccccc23)cc2c1OCC2. The lowest BCUT2D eigenvalue weighted by Crippen LogP contribution is -2.39. The summed E-state index contributed by atoms with van der Waals surface area (Å²) in [6.07, 6.45) is 2.87. The molecule has 1 atom stereocenters. The summed E-state index contributed by atoms with van der Waals surface area (Å²) < 4.78 is 35.9. The van der Waals surface area contributed by atoms with Crippen LogP contribution in [-0.4, -0.2) is 37.8 Å². The Morgan fingerprint density at radius 2 is 1.75 bits per heavy atom. The molecule has 0 spiro atoms. The standard InChI is InChI=1S/C29H26N2O4S/c32-18-23(15-22-17-30-27-11-4-3-9-26(22)27)31-36(33,34)28-16-21(14-20-12-13-35-29(20)28)25-10-5-7-19-6-1-2-8-24(19)25/h1-11,14,16-17,23,30-32H,12-13,15,18H2/t23-/m0/s1. The highest BCUT2D eigenvalue weighted by Gasteiger charge is 2.29. The van der Waals surface area contributed by atoms with Gasteiger partial charge in [-0.1, -0.05) is 60.7 Å². The quantitative estimate of drug-likeness (QED) is 0.301. The summed E-state index contributed by atoms with van der Waals surface area (Å²) in [5.41, 5.74) is 4.59. The molecule has 5 aromatic rings. The largest absolute Gasteiger partial charge is 0.492 e. The Bertz CT molecular complexity index is 1690. The number of nitrogens with one attached hydrogen (secondary N) is 2. The van der Waals surface area contributed by atoms with Crippen LogP contribution in [0.3, 0.4) is 0 Å². The average Bonchev–Trinajstić information content (AvgIpc) is 3.54. The molecule has 3 N–H and O–H groups in total. The second-order valence-electron chi connectivity index (χ2n) is 9.15. The van der Waals surface area contributed by atoms with E-state index < -0.39 is 16.1 Å². The molecule has 0 saturated heterocycles. The Labute approximate surface area is 209 Å². The molecule has 6 rings (SSSR count). The summed E-state index contributed by atoms with van der Waals surface area (Å²) in [5.74, 6) is 0.398. The highest BCUT2D eigenvalue weighted by Crippen LogP contribution is 2.39. The molecule has 0 radical (unpaired) electrons. The van der Waals surface area contributed by atoms with Crippen LogP contribution in [-0.2, 0) is 22.9 Å². The van der Waals surface area contributed by atoms with E-state index in [1.54, 1.807) is 6.07 Å². The molecule has 0 saturated carbocycles. The van der Waals surface area contributed by atoms with E-state index in [0.717, 1.165) is 43.9 Å². The first-order valence-electron chi connectivity index (χ1n) is 12.0. The van der Waals surface area contributed by atoms with E-state index in [1.165, 1.54) is 0 Å². The predicted octanol–water partition coefficient (Wildman–Crippen LogP) is 4.80. The van der Waals surface area contributed by atoms with Crippen LogP contribution in [0.4, 0.5) is 0 Å². The molecule has 36 heavy (non-hydrogen) atoms. The van der Waals surface area contributed by atoms with Gasteiger partial charge in [-0.3, -0.25) is 0 Å². The Hall–Kier alpha value is -3.65. The number of rotatable bonds is 7. The van der Waals surface area contributed by atoms with Crippen molar-refractivity contribution in [3.63, 3.8) is 0 Å². The van der Waals surface area contributed by atoms with Crippen LogP contribution in [0.1, 0.15) is 11.1 Å². The number of fused-ring (bicyclic) bond motifs is 3. The zero-order valence-electron chi connectivity index (χ0n) is 19.6. The lowest BCUT2D eigenvalue weighted by molar-refractivity contribution is 0.256. The molecule has 1 aliphatic rings. The monoisotopic (exact) mass is 498 g/mol. The van der Waals surface area contributed by atoms with Gasteiger partial charge >= 0.3 is 0 Å². The van der Waals surface area contributed by atoms with Gasteiger partial charge in [0.2, 0.25) is 10.0 Å². The molecular weight excluding hydrogens is 472 g/mol. The number of para-hydroxylation sites is 1. The molecule has 0 aliphatic carbocycles. The summed E-state index contributed by atoms with van der Waals surface area (Å²) in [7, 11) is -3.98. The number of H-pyrrole nitrogens is 1. The number of aromatic nitrogens is 1. The van der Waals surface area contributed by atoms with Gasteiger partial charge in [0, 0.05) is 29.6 Å². The number of sulfonamides is 1. The molecule has 6 nitrogen and oxygen atoms in total. The van der Waals surface area contributed by atoms with Crippen molar-refractivity contribution in [3.05, 3.63) is 96.2 Å². The highest BCUT2D eigenvalue weighted by atomic mass is 32.2. The lowest BCUT2D eigenvalue weighted by atomic mass is 9.96. The molecule has 0 fully saturated rings. The zero-order valence-corrected chi connectivity index (χ0v) is 20.4. The van der Waals surface area contributed by atoms with E-state index in [1.807, 2.05) is 79.0 Å². The van der Waals surface area contributed by atoms with Crippen molar-refractivity contribution in [2.45, 2.75) is 23.8 Å². The maximum atomic E-state index is 13.7. The average molecular weight is 499 g/mol. The number of ether oxygens (including phenoxy) is 1. The predicted molar refractivity (Wildman–Crippen MR) is 142 cm³/mol. The van der Waals surface area contributed by atoms with Crippen LogP contribution in [0, 0.1) is 0 Å². The van der Waals surface area contributed by atoms with Crippen molar-refractivity contribution in [2.24, 2.45) is 0 Å². The van der Waals surface area contributed by atoms with Crippen molar-refractivity contribution >= 4 is 31.7 Å². The van der Waals surface area contributed by atoms with Crippen molar-refractivity contribution < 1.29 is 18.3 Å². The van der Waals surface area contributed by atoms with Gasteiger partial charge in [-0.2, -0.15) is 0 Å². The topological polar surface area (TPSA) is 91.4 Å². The van der Waals surface area contributed by atoms with Gasteiger partial charge in [0.25, 0.3) is 0 Å². The number of aromatic amines is 1. The Morgan fingerprint density at radius 1 is 0.972 bits per heavy atom. The minimum Gasteiger partial charge on any atom is -0.492 e. The van der Waals surface area contributed by atoms with Crippen LogP contribution in [0.15, 0.2) is 90.0 Å². The summed E-state index contributed by atoms with van der Waals surface area (Å²) in [6, 6.07) is 25.0. The summed E-state index contributed by atoms with van der Waals surface area (Å²) in [5, 5.41) is 13.2. The van der Waals surface area contributed by atoms with Crippen molar-refractivity contribution in [1.82, 2.24) is 9.71 Å². The van der Waals surface area contributed by atoms with Crippen LogP contribution in [0.5, 0.6) is 5.75 Å². The first kappa shape index (κ1) is 22.8. The van der Waals surface area contributed by atoms with E-state index in [-0.39, 0.29) is 11.5 Å². The van der Waals surface area contributed by atoms with Crippen LogP contribution >= 0.6 is 0 Å². The fourth-order valence-electron chi connectivity index (χ4n) is 5.10. The van der Waals surface area contributed by atoms with E-state index in [9.17, 15) is 13.5 Å². The maximum absolute atomic E-state index is 13.7. The summed E-state index contributed by atoms with van der Waals surface area (Å²) >= 11 is 0. The first-order valence-corrected chi connectivity index (χ1v) is 13.5. The molecule has 2 heterocycles. The molecule has 1 aromatic heterocycles. The molecule has 0 unspecified atom stereocenters. The van der Waals surface area contributed by atoms with Gasteiger partial charge in [0.05, 0.1) is 13.2 Å². The molecule has 0 amide bonds. The van der Waals surface area contributed by atoms with E-state index in [4.69, 9.17) is 4.74 Å². The van der Waals surface area contributed by atoms with Crippen LogP contribution in [0.25, 0.3) is 32.8 Å². The Balaban J connectivity index is 1.38. The summed E-state index contributed by atoms with van der Waals surface area (Å²) in [6.45, 7) is 0.112. The van der Waals surface area contributed by atoms with Gasteiger partial charge in [0.1, 0.15) is 10.6 Å². The third-order valence-corrected chi connectivity index (χ3v) is 8.35. The third-order valence-electron chi connectivity index (χ3n) is 6.82. The van der Waals surface area contributed by atoms with Crippen LogP contribution < -0.4 is 9.46 Å². The van der Waals surface area contributed by atoms with Crippen molar-refractivity contribution in [2.75, 3.05) is 13.2 Å². The third kappa shape index (κ3) is 4.05. The minimum absolute atomic E-state index is 0.109. The smallest absolute Gasteiger partial charge is 0.244 e.